The number of amides is 1. The fourth-order valence-corrected chi connectivity index (χ4v) is 3.33. The Morgan fingerprint density at radius 2 is 2.05 bits per heavy atom. The van der Waals surface area contributed by atoms with Gasteiger partial charge >= 0.3 is 6.09 Å². The van der Waals surface area contributed by atoms with Crippen molar-refractivity contribution in [3.8, 4) is 0 Å². The van der Waals surface area contributed by atoms with Crippen molar-refractivity contribution in [1.29, 1.82) is 0 Å². The molecule has 8 nitrogen and oxygen atoms in total. The van der Waals surface area contributed by atoms with E-state index in [1.807, 2.05) is 0 Å². The fraction of sp³-hybridized carbons (Fsp3) is 0.923. The summed E-state index contributed by atoms with van der Waals surface area (Å²) >= 11 is 1.46. The van der Waals surface area contributed by atoms with E-state index < -0.39 is 35.9 Å². The van der Waals surface area contributed by atoms with Gasteiger partial charge in [-0.2, -0.15) is 0 Å². The summed E-state index contributed by atoms with van der Waals surface area (Å²) in [6, 6.07) is -0.691. The number of rotatable bonds is 8. The molecule has 0 spiro atoms. The molecule has 5 atom stereocenters. The molecule has 0 aromatic heterocycles. The summed E-state index contributed by atoms with van der Waals surface area (Å²) in [6.07, 6.45) is -0.840. The maximum absolute atomic E-state index is 10.8. The second kappa shape index (κ2) is 10.2. The highest BCUT2D eigenvalue weighted by Crippen LogP contribution is 2.27. The van der Waals surface area contributed by atoms with Crippen LogP contribution in [0.2, 0.25) is 0 Å². The first-order chi connectivity index (χ1) is 10.5. The zero-order chi connectivity index (χ0) is 16.5. The van der Waals surface area contributed by atoms with Crippen LogP contribution in [0.25, 0.3) is 0 Å². The van der Waals surface area contributed by atoms with Crippen molar-refractivity contribution in [3.63, 3.8) is 0 Å². The van der Waals surface area contributed by atoms with Crippen LogP contribution in [-0.4, -0.2) is 77.2 Å². The number of hydrogen-bond acceptors (Lipinski definition) is 8. The molecule has 0 radical (unpaired) electrons. The molecule has 130 valence electrons. The van der Waals surface area contributed by atoms with Gasteiger partial charge in [0, 0.05) is 6.54 Å². The molecule has 0 bridgehead atoms. The predicted octanol–water partition coefficient (Wildman–Crippen LogP) is -0.988. The molecular weight excluding hydrogens is 312 g/mol. The number of nitrogens with two attached hydrogens (primary N) is 1. The molecule has 0 saturated carbocycles. The van der Waals surface area contributed by atoms with Crippen LogP contribution >= 0.6 is 11.8 Å². The Morgan fingerprint density at radius 1 is 1.32 bits per heavy atom. The van der Waals surface area contributed by atoms with Crippen LogP contribution in [0.3, 0.4) is 0 Å². The molecule has 9 heteroatoms. The van der Waals surface area contributed by atoms with Gasteiger partial charge < -0.3 is 35.8 Å². The van der Waals surface area contributed by atoms with E-state index in [0.717, 1.165) is 25.0 Å². The Bertz CT molecular complexity index is 334. The molecule has 0 aliphatic carbocycles. The van der Waals surface area contributed by atoms with Gasteiger partial charge in [0.05, 0.1) is 19.8 Å². The zero-order valence-corrected chi connectivity index (χ0v) is 13.5. The largest absolute Gasteiger partial charge is 0.453 e. The zero-order valence-electron chi connectivity index (χ0n) is 12.7. The summed E-state index contributed by atoms with van der Waals surface area (Å²) in [6.45, 7) is 0.204. The van der Waals surface area contributed by atoms with E-state index in [1.165, 1.54) is 18.9 Å². The quantitative estimate of drug-likeness (QED) is 0.356. The number of methoxy groups -OCH3 is 1. The smallest absolute Gasteiger partial charge is 0.406 e. The van der Waals surface area contributed by atoms with E-state index in [2.05, 4.69) is 10.1 Å². The molecule has 1 aliphatic rings. The topological polar surface area (TPSA) is 134 Å². The molecule has 2 unspecified atom stereocenters. The molecule has 0 aromatic carbocycles. The first-order valence-corrected chi connectivity index (χ1v) is 8.37. The number of aliphatic hydroxyl groups is 3. The molecular formula is C13H26N2O6S. The molecule has 1 amide bonds. The van der Waals surface area contributed by atoms with E-state index >= 15 is 0 Å². The molecule has 1 aliphatic heterocycles. The Morgan fingerprint density at radius 3 is 2.68 bits per heavy atom. The lowest BCUT2D eigenvalue weighted by Crippen LogP contribution is -2.60. The highest BCUT2D eigenvalue weighted by Gasteiger charge is 2.42. The molecule has 22 heavy (non-hydrogen) atoms. The van der Waals surface area contributed by atoms with Crippen molar-refractivity contribution >= 4 is 17.9 Å². The molecule has 1 heterocycles. The monoisotopic (exact) mass is 338 g/mol. The van der Waals surface area contributed by atoms with Gasteiger partial charge in [-0.3, -0.25) is 0 Å². The first kappa shape index (κ1) is 19.5. The summed E-state index contributed by atoms with van der Waals surface area (Å²) in [5, 5.41) is 31.3. The van der Waals surface area contributed by atoms with Crippen LogP contribution in [0.15, 0.2) is 0 Å². The van der Waals surface area contributed by atoms with Crippen LogP contribution in [0, 0.1) is 0 Å². The van der Waals surface area contributed by atoms with Gasteiger partial charge in [0.25, 0.3) is 0 Å². The van der Waals surface area contributed by atoms with Gasteiger partial charge in [0.15, 0.2) is 0 Å². The maximum Gasteiger partial charge on any atom is 0.406 e. The van der Waals surface area contributed by atoms with Crippen molar-refractivity contribution in [1.82, 2.24) is 5.32 Å². The van der Waals surface area contributed by atoms with Gasteiger partial charge in [-0.15, -0.1) is 11.8 Å². The maximum atomic E-state index is 10.8. The summed E-state index contributed by atoms with van der Waals surface area (Å²) in [5.41, 5.74) is 5.39. The summed E-state index contributed by atoms with van der Waals surface area (Å²) in [5.74, 6) is 0.775. The lowest BCUT2D eigenvalue weighted by Gasteiger charge is -2.40. The average Bonchev–Trinajstić information content (AvgIpc) is 2.53. The van der Waals surface area contributed by atoms with Gasteiger partial charge in [-0.05, 0) is 18.6 Å². The van der Waals surface area contributed by atoms with Crippen molar-refractivity contribution in [2.45, 2.75) is 49.1 Å². The van der Waals surface area contributed by atoms with Crippen molar-refractivity contribution in [2.24, 2.45) is 5.73 Å². The number of alkyl carbamates (subject to hydrolysis) is 1. The standard InChI is InChI=1S/C13H26N2O6S/c1-20-13(19)15-5-3-2-4-6-22-12-9(14)11(18)10(17)8(7-16)21-12/h8-12,16-18H,2-7,14H2,1H3,(H,15,19)/t8?,9?,10-,11-,12-/m0/s1. The van der Waals surface area contributed by atoms with Crippen LogP contribution in [0.5, 0.6) is 0 Å². The minimum absolute atomic E-state index is 0.360. The third-order valence-corrected chi connectivity index (χ3v) is 4.76. The van der Waals surface area contributed by atoms with Gasteiger partial charge in [-0.25, -0.2) is 4.79 Å². The number of carbonyl (C=O) groups excluding carboxylic acids is 1. The Labute approximate surface area is 134 Å². The SMILES string of the molecule is COC(=O)NCCCCCS[C@@H]1OC(CO)[C@H](O)[C@@H](O)C1N. The van der Waals surface area contributed by atoms with Gasteiger partial charge in [-0.1, -0.05) is 6.42 Å². The second-order valence-corrected chi connectivity index (χ2v) is 6.34. The van der Waals surface area contributed by atoms with Crippen molar-refractivity contribution in [3.05, 3.63) is 0 Å². The third kappa shape index (κ3) is 5.90. The van der Waals surface area contributed by atoms with Gasteiger partial charge in [0.2, 0.25) is 0 Å². The number of nitrogens with one attached hydrogen (secondary N) is 1. The number of unbranched alkanes of at least 4 members (excludes halogenated alkanes) is 2. The van der Waals surface area contributed by atoms with Crippen LogP contribution < -0.4 is 11.1 Å². The molecule has 1 saturated heterocycles. The first-order valence-electron chi connectivity index (χ1n) is 7.32. The van der Waals surface area contributed by atoms with E-state index in [-0.39, 0.29) is 6.61 Å². The van der Waals surface area contributed by atoms with E-state index in [9.17, 15) is 15.0 Å². The Hall–Kier alpha value is -0.580. The van der Waals surface area contributed by atoms with E-state index in [0.29, 0.717) is 6.54 Å². The average molecular weight is 338 g/mol. The summed E-state index contributed by atoms with van der Waals surface area (Å²) < 4.78 is 9.97. The number of thioether (sulfide) groups is 1. The Balaban J connectivity index is 2.17. The number of hydrogen-bond donors (Lipinski definition) is 5. The van der Waals surface area contributed by atoms with Crippen molar-refractivity contribution in [2.75, 3.05) is 26.0 Å². The fourth-order valence-electron chi connectivity index (χ4n) is 2.12. The molecule has 1 rings (SSSR count). The molecule has 1 fully saturated rings. The highest BCUT2D eigenvalue weighted by atomic mass is 32.2. The minimum Gasteiger partial charge on any atom is -0.453 e. The number of aliphatic hydroxyl groups excluding tert-OH is 3. The van der Waals surface area contributed by atoms with E-state index in [1.54, 1.807) is 0 Å². The van der Waals surface area contributed by atoms with Crippen LogP contribution in [0.4, 0.5) is 4.79 Å². The van der Waals surface area contributed by atoms with E-state index in [4.69, 9.17) is 15.6 Å². The Kier molecular flexibility index (Phi) is 9.06. The number of carbonyl (C=O) groups is 1. The molecule has 6 N–H and O–H groups in total. The third-order valence-electron chi connectivity index (χ3n) is 3.49. The highest BCUT2D eigenvalue weighted by molar-refractivity contribution is 7.99. The minimum atomic E-state index is -1.17. The van der Waals surface area contributed by atoms with Crippen LogP contribution in [0.1, 0.15) is 19.3 Å². The lowest BCUT2D eigenvalue weighted by molar-refractivity contribution is -0.165. The molecule has 0 aromatic rings. The summed E-state index contributed by atoms with van der Waals surface area (Å²) in [7, 11) is 1.32. The second-order valence-electron chi connectivity index (χ2n) is 5.13. The normalized spacial score (nSPS) is 31.8. The van der Waals surface area contributed by atoms with Crippen LogP contribution in [-0.2, 0) is 9.47 Å². The lowest BCUT2D eigenvalue weighted by atomic mass is 9.99. The van der Waals surface area contributed by atoms with Crippen molar-refractivity contribution < 1.29 is 29.6 Å². The predicted molar refractivity (Wildman–Crippen MR) is 82.5 cm³/mol. The summed E-state index contributed by atoms with van der Waals surface area (Å²) in [4.78, 5) is 10.8. The van der Waals surface area contributed by atoms with Gasteiger partial charge in [0.1, 0.15) is 23.7 Å². The number of ether oxygens (including phenoxy) is 2.